The van der Waals surface area contributed by atoms with Gasteiger partial charge in [0.25, 0.3) is 12.2 Å². The predicted molar refractivity (Wildman–Crippen MR) is 134 cm³/mol. The number of fused-ring (bicyclic) bond motifs is 1. The average Bonchev–Trinajstić information content (AvgIpc) is 3.04. The predicted octanol–water partition coefficient (Wildman–Crippen LogP) is 5.29. The number of likely N-dealkylation sites (N-methyl/N-ethyl adjacent to an activating group) is 1. The van der Waals surface area contributed by atoms with E-state index in [1.54, 1.807) is 25.5 Å². The summed E-state index contributed by atoms with van der Waals surface area (Å²) in [6.07, 6.45) is 7.72. The van der Waals surface area contributed by atoms with Gasteiger partial charge in [0, 0.05) is 70.7 Å². The normalized spacial score (nSPS) is 19.1. The Hall–Kier alpha value is -2.70. The molecular formula is C27H33ClN3O3+. The summed E-state index contributed by atoms with van der Waals surface area (Å²) in [5.41, 5.74) is 5.63. The van der Waals surface area contributed by atoms with Gasteiger partial charge >= 0.3 is 0 Å². The largest absolute Gasteiger partial charge is 0.358 e. The fourth-order valence-electron chi connectivity index (χ4n) is 5.02. The number of Topliss-reactive ketones (excluding diaryl/α,β-unsaturated/α-hetero) is 1. The van der Waals surface area contributed by atoms with Crippen molar-refractivity contribution >= 4 is 17.4 Å². The van der Waals surface area contributed by atoms with Gasteiger partial charge in [-0.3, -0.25) is 4.79 Å². The van der Waals surface area contributed by atoms with Crippen molar-refractivity contribution in [3.8, 4) is 0 Å². The molecule has 7 heteroatoms. The Balaban J connectivity index is 1.66. The Morgan fingerprint density at radius 3 is 2.65 bits per heavy atom. The molecule has 0 bridgehead atoms. The van der Waals surface area contributed by atoms with Gasteiger partial charge in [-0.15, -0.1) is 0 Å². The zero-order valence-corrected chi connectivity index (χ0v) is 21.4. The maximum atomic E-state index is 13.6. The first-order valence-electron chi connectivity index (χ1n) is 11.7. The summed E-state index contributed by atoms with van der Waals surface area (Å²) >= 11 is 6.07. The molecule has 180 valence electrons. The topological polar surface area (TPSA) is 54.6 Å². The van der Waals surface area contributed by atoms with Crippen molar-refractivity contribution in [2.24, 2.45) is 5.41 Å². The summed E-state index contributed by atoms with van der Waals surface area (Å²) in [5, 5.41) is 0.705. The van der Waals surface area contributed by atoms with E-state index in [0.717, 1.165) is 40.8 Å². The highest BCUT2D eigenvalue weighted by molar-refractivity contribution is 6.30. The molecule has 0 spiro atoms. The van der Waals surface area contributed by atoms with Gasteiger partial charge in [0.05, 0.1) is 0 Å². The molecule has 0 N–H and O–H groups in total. The molecule has 2 aromatic rings. The molecule has 0 radical (unpaired) electrons. The number of halogens is 1. The van der Waals surface area contributed by atoms with Gasteiger partial charge in [-0.05, 0) is 54.9 Å². The highest BCUT2D eigenvalue weighted by atomic mass is 35.5. The van der Waals surface area contributed by atoms with Crippen LogP contribution in [0.5, 0.6) is 0 Å². The minimum atomic E-state index is -0.331. The van der Waals surface area contributed by atoms with Gasteiger partial charge in [0.2, 0.25) is 5.78 Å². The Kier molecular flexibility index (Phi) is 6.83. The van der Waals surface area contributed by atoms with E-state index in [-0.39, 0.29) is 24.0 Å². The molecule has 4 rings (SSSR count). The first kappa shape index (κ1) is 24.4. The van der Waals surface area contributed by atoms with Crippen LogP contribution in [0.1, 0.15) is 53.1 Å². The Labute approximate surface area is 206 Å². The maximum absolute atomic E-state index is 13.6. The van der Waals surface area contributed by atoms with Crippen LogP contribution in [0.3, 0.4) is 0 Å². The molecule has 6 nitrogen and oxygen atoms in total. The fourth-order valence-corrected chi connectivity index (χ4v) is 5.14. The van der Waals surface area contributed by atoms with E-state index in [4.69, 9.17) is 16.3 Å². The number of nitrogens with zero attached hydrogens (tertiary/aromatic N) is 3. The first-order chi connectivity index (χ1) is 16.1. The number of ketones is 1. The molecular weight excluding hydrogens is 450 g/mol. The number of carbonyl (C=O) groups is 1. The molecule has 1 atom stereocenters. The summed E-state index contributed by atoms with van der Waals surface area (Å²) < 4.78 is 8.42. The summed E-state index contributed by atoms with van der Waals surface area (Å²) in [6, 6.07) is 7.82. The van der Waals surface area contributed by atoms with E-state index in [1.165, 1.54) is 5.69 Å². The molecule has 1 aliphatic carbocycles. The molecule has 1 aromatic carbocycles. The number of carbonyl (C=O) groups excluding carboxylic acids is 1. The van der Waals surface area contributed by atoms with Crippen molar-refractivity contribution in [1.82, 2.24) is 9.47 Å². The van der Waals surface area contributed by atoms with E-state index in [1.807, 2.05) is 43.1 Å². The van der Waals surface area contributed by atoms with E-state index in [2.05, 4.69) is 18.4 Å². The van der Waals surface area contributed by atoms with Crippen molar-refractivity contribution in [2.45, 2.75) is 52.8 Å². The summed E-state index contributed by atoms with van der Waals surface area (Å²) in [7, 11) is 3.47. The van der Waals surface area contributed by atoms with E-state index < -0.39 is 0 Å². The molecule has 0 fully saturated rings. The van der Waals surface area contributed by atoms with Crippen molar-refractivity contribution < 1.29 is 14.3 Å². The lowest BCUT2D eigenvalue weighted by Gasteiger charge is -2.30. The standard InChI is InChI=1S/C27H33ClN3O3/c1-18-26(24(32)17-31(33)21-11-13-29(4)25(14-21)34-5)22-15-27(2,3)12-10-23(22)30(18)16-19-6-8-20(28)9-7-19/h6-9,11,13-14,25H,10,12,15-17H2,1-5H3/q+1. The van der Waals surface area contributed by atoms with Crippen LogP contribution in [0.15, 0.2) is 48.3 Å². The van der Waals surface area contributed by atoms with Crippen LogP contribution in [0.2, 0.25) is 5.02 Å². The fraction of sp³-hybridized carbons (Fsp3) is 0.444. The Bertz CT molecular complexity index is 1170. The second kappa shape index (κ2) is 9.51. The van der Waals surface area contributed by atoms with E-state index in [0.29, 0.717) is 22.8 Å². The van der Waals surface area contributed by atoms with Gasteiger partial charge in [0.1, 0.15) is 0 Å². The number of nitroso groups, excluding NO2 is 1. The number of methoxy groups -OCH3 is 1. The average molecular weight is 483 g/mol. The van der Waals surface area contributed by atoms with Crippen LogP contribution in [0.4, 0.5) is 0 Å². The lowest BCUT2D eigenvalue weighted by molar-refractivity contribution is -0.480. The molecule has 34 heavy (non-hydrogen) atoms. The maximum Gasteiger partial charge on any atom is 0.261 e. The third kappa shape index (κ3) is 4.89. The highest BCUT2D eigenvalue weighted by Gasteiger charge is 2.36. The lowest BCUT2D eigenvalue weighted by Crippen LogP contribution is -2.31. The number of hydrogen-bond donors (Lipinski definition) is 0. The van der Waals surface area contributed by atoms with Gasteiger partial charge in [0.15, 0.2) is 6.23 Å². The molecule has 2 aliphatic rings. The van der Waals surface area contributed by atoms with Crippen molar-refractivity contribution in [3.05, 3.63) is 86.3 Å². The van der Waals surface area contributed by atoms with Crippen molar-refractivity contribution in [2.75, 3.05) is 20.7 Å². The van der Waals surface area contributed by atoms with Gasteiger partial charge in [-0.25, -0.2) is 0 Å². The summed E-state index contributed by atoms with van der Waals surface area (Å²) in [5.74, 6) is -0.140. The molecule has 0 saturated carbocycles. The molecule has 2 heterocycles. The van der Waals surface area contributed by atoms with Crippen molar-refractivity contribution in [1.29, 1.82) is 0 Å². The second-order valence-corrected chi connectivity index (χ2v) is 10.5. The van der Waals surface area contributed by atoms with Crippen LogP contribution in [0.25, 0.3) is 0 Å². The minimum absolute atomic E-state index is 0.114. The summed E-state index contributed by atoms with van der Waals surface area (Å²) in [6.45, 7) is 6.94. The van der Waals surface area contributed by atoms with Gasteiger partial charge in [-0.2, -0.15) is 0 Å². The number of ether oxygens (including phenoxy) is 1. The summed E-state index contributed by atoms with van der Waals surface area (Å²) in [4.78, 5) is 28.4. The number of rotatable bonds is 7. The Morgan fingerprint density at radius 2 is 1.97 bits per heavy atom. The number of allylic oxidation sites excluding steroid dienone is 1. The third-order valence-electron chi connectivity index (χ3n) is 6.98. The number of aromatic nitrogens is 1. The zero-order valence-electron chi connectivity index (χ0n) is 20.6. The van der Waals surface area contributed by atoms with E-state index >= 15 is 0 Å². The number of benzene rings is 1. The van der Waals surface area contributed by atoms with Crippen LogP contribution in [0, 0.1) is 17.2 Å². The van der Waals surface area contributed by atoms with Crippen LogP contribution < -0.4 is 0 Å². The molecule has 1 aliphatic heterocycles. The van der Waals surface area contributed by atoms with Crippen LogP contribution in [-0.2, 0) is 24.1 Å². The van der Waals surface area contributed by atoms with Gasteiger partial charge in [-0.1, -0.05) is 37.6 Å². The first-order valence-corrected chi connectivity index (χ1v) is 12.1. The number of hydrogen-bond acceptors (Lipinski definition) is 4. The zero-order chi connectivity index (χ0) is 24.6. The molecule has 1 unspecified atom stereocenters. The SMILES string of the molecule is COC1C=C([N+](=O)CC(=O)c2c3c(n(Cc4ccc(Cl)cc4)c2C)CCC(C)(C)C3)C=CN1C. The smallest absolute Gasteiger partial charge is 0.261 e. The van der Waals surface area contributed by atoms with Crippen LogP contribution in [-0.4, -0.2) is 46.9 Å². The molecule has 0 amide bonds. The highest BCUT2D eigenvalue weighted by Crippen LogP contribution is 2.39. The monoisotopic (exact) mass is 482 g/mol. The minimum Gasteiger partial charge on any atom is -0.358 e. The molecule has 0 saturated heterocycles. The van der Waals surface area contributed by atoms with Crippen LogP contribution >= 0.6 is 11.6 Å². The van der Waals surface area contributed by atoms with Crippen molar-refractivity contribution in [3.63, 3.8) is 0 Å². The Morgan fingerprint density at radius 1 is 1.26 bits per heavy atom. The molecule has 1 aromatic heterocycles. The van der Waals surface area contributed by atoms with Gasteiger partial charge < -0.3 is 14.2 Å². The van der Waals surface area contributed by atoms with E-state index in [9.17, 15) is 9.70 Å². The quantitative estimate of drug-likeness (QED) is 0.397. The lowest BCUT2D eigenvalue weighted by atomic mass is 9.75. The third-order valence-corrected chi connectivity index (χ3v) is 7.23. The second-order valence-electron chi connectivity index (χ2n) is 10.1.